The second-order valence-electron chi connectivity index (χ2n) is 3.47. The molecule has 1 rings (SSSR count). The minimum absolute atomic E-state index is 0.404. The molecule has 5 heteroatoms. The molecule has 0 amide bonds. The van der Waals surface area contributed by atoms with Gasteiger partial charge < -0.3 is 5.73 Å². The number of hydrogen-bond donors (Lipinski definition) is 1. The van der Waals surface area contributed by atoms with Crippen LogP contribution in [0, 0.1) is 6.92 Å². The summed E-state index contributed by atoms with van der Waals surface area (Å²) in [4.78, 5) is 0. The maximum atomic E-state index is 11.4. The van der Waals surface area contributed by atoms with Gasteiger partial charge in [0.25, 0.3) is 0 Å². The van der Waals surface area contributed by atoms with Crippen LogP contribution in [0.3, 0.4) is 0 Å². The lowest BCUT2D eigenvalue weighted by Gasteiger charge is -2.21. The standard InChI is InChI=1S/C10H16N2O2S/c1-4-12(15(3,13)14)9-6-5-8(2)10(11)7-9/h5-7H,4,11H2,1-3H3. The summed E-state index contributed by atoms with van der Waals surface area (Å²) in [7, 11) is -3.22. The predicted molar refractivity (Wildman–Crippen MR) is 63.5 cm³/mol. The van der Waals surface area contributed by atoms with Gasteiger partial charge in [-0.25, -0.2) is 8.42 Å². The zero-order valence-electron chi connectivity index (χ0n) is 9.19. The van der Waals surface area contributed by atoms with Crippen LogP contribution in [0.1, 0.15) is 12.5 Å². The number of benzene rings is 1. The van der Waals surface area contributed by atoms with Gasteiger partial charge in [-0.2, -0.15) is 0 Å². The van der Waals surface area contributed by atoms with Crippen molar-refractivity contribution in [2.75, 3.05) is 22.8 Å². The Morgan fingerprint density at radius 1 is 1.40 bits per heavy atom. The summed E-state index contributed by atoms with van der Waals surface area (Å²) < 4.78 is 24.2. The molecule has 1 aromatic carbocycles. The molecule has 15 heavy (non-hydrogen) atoms. The first-order valence-corrected chi connectivity index (χ1v) is 6.55. The van der Waals surface area contributed by atoms with Crippen molar-refractivity contribution in [3.05, 3.63) is 23.8 Å². The van der Waals surface area contributed by atoms with Crippen molar-refractivity contribution >= 4 is 21.4 Å². The third-order valence-corrected chi connectivity index (χ3v) is 3.51. The molecule has 0 aliphatic carbocycles. The van der Waals surface area contributed by atoms with E-state index >= 15 is 0 Å². The van der Waals surface area contributed by atoms with Crippen LogP contribution < -0.4 is 10.0 Å². The van der Waals surface area contributed by atoms with Gasteiger partial charge >= 0.3 is 0 Å². The molecule has 2 N–H and O–H groups in total. The van der Waals surface area contributed by atoms with E-state index in [1.54, 1.807) is 19.1 Å². The predicted octanol–water partition coefficient (Wildman–Crippen LogP) is 1.36. The van der Waals surface area contributed by atoms with E-state index in [0.717, 1.165) is 5.56 Å². The maximum Gasteiger partial charge on any atom is 0.232 e. The van der Waals surface area contributed by atoms with Crippen molar-refractivity contribution in [3.63, 3.8) is 0 Å². The summed E-state index contributed by atoms with van der Waals surface area (Å²) in [6, 6.07) is 5.26. The van der Waals surface area contributed by atoms with E-state index in [9.17, 15) is 8.42 Å². The number of rotatable bonds is 3. The lowest BCUT2D eigenvalue weighted by Crippen LogP contribution is -2.29. The molecule has 4 nitrogen and oxygen atoms in total. The summed E-state index contributed by atoms with van der Waals surface area (Å²) in [6.07, 6.45) is 1.19. The lowest BCUT2D eigenvalue weighted by molar-refractivity contribution is 0.598. The molecule has 0 aliphatic heterocycles. The van der Waals surface area contributed by atoms with Crippen molar-refractivity contribution in [1.29, 1.82) is 0 Å². The van der Waals surface area contributed by atoms with Gasteiger partial charge in [-0.05, 0) is 31.5 Å². The van der Waals surface area contributed by atoms with Crippen LogP contribution in [0.15, 0.2) is 18.2 Å². The molecule has 0 aliphatic rings. The molecule has 0 saturated carbocycles. The molecular formula is C10H16N2O2S. The largest absolute Gasteiger partial charge is 0.398 e. The molecule has 0 bridgehead atoms. The topological polar surface area (TPSA) is 63.4 Å². The highest BCUT2D eigenvalue weighted by atomic mass is 32.2. The Bertz CT molecular complexity index is 454. The Morgan fingerprint density at radius 3 is 2.40 bits per heavy atom. The second kappa shape index (κ2) is 4.10. The first-order chi connectivity index (χ1) is 6.86. The highest BCUT2D eigenvalue weighted by Crippen LogP contribution is 2.22. The Balaban J connectivity index is 3.20. The van der Waals surface area contributed by atoms with Gasteiger partial charge in [0.05, 0.1) is 11.9 Å². The molecule has 84 valence electrons. The molecular weight excluding hydrogens is 212 g/mol. The summed E-state index contributed by atoms with van der Waals surface area (Å²) in [5.41, 5.74) is 7.90. The number of nitrogens with zero attached hydrogens (tertiary/aromatic N) is 1. The minimum Gasteiger partial charge on any atom is -0.398 e. The first kappa shape index (κ1) is 11.8. The van der Waals surface area contributed by atoms with Crippen molar-refractivity contribution in [1.82, 2.24) is 0 Å². The summed E-state index contributed by atoms with van der Waals surface area (Å²) in [6.45, 7) is 4.08. The zero-order chi connectivity index (χ0) is 11.6. The maximum absolute atomic E-state index is 11.4. The third kappa shape index (κ3) is 2.62. The van der Waals surface area contributed by atoms with Gasteiger partial charge in [0.2, 0.25) is 10.0 Å². The molecule has 0 aromatic heterocycles. The Kier molecular flexibility index (Phi) is 3.24. The van der Waals surface area contributed by atoms with E-state index < -0.39 is 10.0 Å². The average Bonchev–Trinajstić information content (AvgIpc) is 2.10. The fourth-order valence-electron chi connectivity index (χ4n) is 1.39. The monoisotopic (exact) mass is 228 g/mol. The van der Waals surface area contributed by atoms with Gasteiger partial charge in [0.1, 0.15) is 0 Å². The van der Waals surface area contributed by atoms with Crippen molar-refractivity contribution < 1.29 is 8.42 Å². The molecule has 0 saturated heterocycles. The van der Waals surface area contributed by atoms with Crippen LogP contribution in [0.2, 0.25) is 0 Å². The summed E-state index contributed by atoms with van der Waals surface area (Å²) in [5.74, 6) is 0. The van der Waals surface area contributed by atoms with E-state index in [4.69, 9.17) is 5.73 Å². The van der Waals surface area contributed by atoms with Gasteiger partial charge in [-0.3, -0.25) is 4.31 Å². The fraction of sp³-hybridized carbons (Fsp3) is 0.400. The average molecular weight is 228 g/mol. The Labute approximate surface area is 90.8 Å². The zero-order valence-corrected chi connectivity index (χ0v) is 10.0. The summed E-state index contributed by atoms with van der Waals surface area (Å²) >= 11 is 0. The van der Waals surface area contributed by atoms with E-state index in [0.29, 0.717) is 17.9 Å². The van der Waals surface area contributed by atoms with E-state index in [1.807, 2.05) is 13.0 Å². The van der Waals surface area contributed by atoms with Gasteiger partial charge in [-0.15, -0.1) is 0 Å². The molecule has 0 atom stereocenters. The van der Waals surface area contributed by atoms with Gasteiger partial charge in [0, 0.05) is 12.2 Å². The quantitative estimate of drug-likeness (QED) is 0.795. The van der Waals surface area contributed by atoms with Crippen molar-refractivity contribution in [3.8, 4) is 0 Å². The minimum atomic E-state index is -3.22. The SMILES string of the molecule is CCN(c1ccc(C)c(N)c1)S(C)(=O)=O. The van der Waals surface area contributed by atoms with E-state index in [1.165, 1.54) is 10.6 Å². The smallest absolute Gasteiger partial charge is 0.232 e. The number of anilines is 2. The van der Waals surface area contributed by atoms with E-state index in [-0.39, 0.29) is 0 Å². The third-order valence-electron chi connectivity index (χ3n) is 2.24. The number of hydrogen-bond acceptors (Lipinski definition) is 3. The number of aryl methyl sites for hydroxylation is 1. The van der Waals surface area contributed by atoms with Crippen LogP contribution in [0.5, 0.6) is 0 Å². The van der Waals surface area contributed by atoms with Crippen molar-refractivity contribution in [2.24, 2.45) is 0 Å². The highest BCUT2D eigenvalue weighted by molar-refractivity contribution is 7.92. The number of nitrogen functional groups attached to an aromatic ring is 1. The normalized spacial score (nSPS) is 11.4. The van der Waals surface area contributed by atoms with Gasteiger partial charge in [0.15, 0.2) is 0 Å². The van der Waals surface area contributed by atoms with Crippen LogP contribution in [0.4, 0.5) is 11.4 Å². The van der Waals surface area contributed by atoms with Crippen LogP contribution in [0.25, 0.3) is 0 Å². The van der Waals surface area contributed by atoms with Crippen LogP contribution in [-0.4, -0.2) is 21.2 Å². The molecule has 1 aromatic rings. The Morgan fingerprint density at radius 2 is 2.00 bits per heavy atom. The summed E-state index contributed by atoms with van der Waals surface area (Å²) in [5, 5.41) is 0. The van der Waals surface area contributed by atoms with E-state index in [2.05, 4.69) is 0 Å². The molecule has 0 spiro atoms. The number of nitrogens with two attached hydrogens (primary N) is 1. The fourth-order valence-corrected chi connectivity index (χ4v) is 2.36. The second-order valence-corrected chi connectivity index (χ2v) is 5.38. The van der Waals surface area contributed by atoms with Gasteiger partial charge in [-0.1, -0.05) is 6.07 Å². The lowest BCUT2D eigenvalue weighted by atomic mass is 10.2. The molecule has 0 fully saturated rings. The highest BCUT2D eigenvalue weighted by Gasteiger charge is 2.15. The Hall–Kier alpha value is -1.23. The number of sulfonamides is 1. The van der Waals surface area contributed by atoms with Crippen LogP contribution >= 0.6 is 0 Å². The molecule has 0 radical (unpaired) electrons. The molecule has 0 heterocycles. The molecule has 0 unspecified atom stereocenters. The van der Waals surface area contributed by atoms with Crippen molar-refractivity contribution in [2.45, 2.75) is 13.8 Å². The van der Waals surface area contributed by atoms with Crippen LogP contribution in [-0.2, 0) is 10.0 Å². The first-order valence-electron chi connectivity index (χ1n) is 4.70.